The van der Waals surface area contributed by atoms with Crippen LogP contribution in [0.2, 0.25) is 0 Å². The van der Waals surface area contributed by atoms with Crippen molar-refractivity contribution in [3.8, 4) is 5.88 Å². The summed E-state index contributed by atoms with van der Waals surface area (Å²) in [5, 5.41) is 0. The van der Waals surface area contributed by atoms with Crippen molar-refractivity contribution in [1.29, 1.82) is 0 Å². The van der Waals surface area contributed by atoms with E-state index in [9.17, 15) is 4.79 Å². The highest BCUT2D eigenvalue weighted by Gasteiger charge is 2.17. The van der Waals surface area contributed by atoms with Crippen LogP contribution in [0.15, 0.2) is 48.9 Å². The largest absolute Gasteiger partial charge is 0.443 e. The van der Waals surface area contributed by atoms with Gasteiger partial charge in [0.15, 0.2) is 6.20 Å². The van der Waals surface area contributed by atoms with Crippen LogP contribution in [-0.4, -0.2) is 17.4 Å². The van der Waals surface area contributed by atoms with Gasteiger partial charge in [0, 0.05) is 5.56 Å². The Labute approximate surface area is 119 Å². The highest BCUT2D eigenvalue weighted by atomic mass is 16.5. The van der Waals surface area contributed by atoms with Crippen molar-refractivity contribution in [2.45, 2.75) is 26.3 Å². The molecule has 2 aromatic rings. The molecule has 0 saturated carbocycles. The van der Waals surface area contributed by atoms with Gasteiger partial charge < -0.3 is 4.74 Å². The first kappa shape index (κ1) is 14.2. The molecule has 4 heteroatoms. The second-order valence-corrected chi connectivity index (χ2v) is 4.53. The summed E-state index contributed by atoms with van der Waals surface area (Å²) >= 11 is 0. The smallest absolute Gasteiger partial charge is 0.387 e. The van der Waals surface area contributed by atoms with Gasteiger partial charge in [0.25, 0.3) is 0 Å². The average molecular weight is 271 g/mol. The van der Waals surface area contributed by atoms with Crippen LogP contribution in [0.1, 0.15) is 30.1 Å². The molecule has 104 valence electrons. The lowest BCUT2D eigenvalue weighted by Crippen LogP contribution is -2.39. The first-order valence-corrected chi connectivity index (χ1v) is 6.85. The standard InChI is InChI=1S/C16H19N2O2/c1-2-3-11-20-16-12-17-9-10-18(16)13-15(19)14-7-5-4-6-8-14/h4-10,12H,2-3,11,13H2,1H3/q+1. The first-order chi connectivity index (χ1) is 9.81. The molecule has 0 spiro atoms. The van der Waals surface area contributed by atoms with Crippen LogP contribution in [0.4, 0.5) is 0 Å². The van der Waals surface area contributed by atoms with E-state index in [1.807, 2.05) is 30.3 Å². The molecular formula is C16H19N2O2+. The highest BCUT2D eigenvalue weighted by Crippen LogP contribution is 2.04. The Balaban J connectivity index is 2.07. The average Bonchev–Trinajstić information content (AvgIpc) is 2.50. The van der Waals surface area contributed by atoms with Gasteiger partial charge in [-0.1, -0.05) is 43.7 Å². The van der Waals surface area contributed by atoms with Crippen molar-refractivity contribution in [3.63, 3.8) is 0 Å². The summed E-state index contributed by atoms with van der Waals surface area (Å²) in [5.74, 6) is 0.687. The van der Waals surface area contributed by atoms with Gasteiger partial charge in [0.2, 0.25) is 12.3 Å². The molecule has 0 aliphatic rings. The summed E-state index contributed by atoms with van der Waals surface area (Å²) < 4.78 is 7.45. The summed E-state index contributed by atoms with van der Waals surface area (Å²) in [6.07, 6.45) is 7.13. The Morgan fingerprint density at radius 1 is 1.30 bits per heavy atom. The summed E-state index contributed by atoms with van der Waals surface area (Å²) in [5.41, 5.74) is 0.705. The monoisotopic (exact) mass is 271 g/mol. The van der Waals surface area contributed by atoms with Crippen LogP contribution in [0.25, 0.3) is 0 Å². The molecule has 0 radical (unpaired) electrons. The van der Waals surface area contributed by atoms with E-state index < -0.39 is 0 Å². The Bertz CT molecular complexity index is 555. The minimum absolute atomic E-state index is 0.0575. The molecule has 0 aliphatic heterocycles. The normalized spacial score (nSPS) is 10.2. The van der Waals surface area contributed by atoms with E-state index in [-0.39, 0.29) is 12.3 Å². The third-order valence-corrected chi connectivity index (χ3v) is 2.96. The fourth-order valence-electron chi connectivity index (χ4n) is 1.82. The number of benzene rings is 1. The molecule has 1 heterocycles. The molecule has 0 saturated heterocycles. The van der Waals surface area contributed by atoms with Crippen LogP contribution in [0, 0.1) is 0 Å². The molecule has 0 aliphatic carbocycles. The first-order valence-electron chi connectivity index (χ1n) is 6.85. The predicted octanol–water partition coefficient (Wildman–Crippen LogP) is 2.43. The molecule has 0 amide bonds. The number of hydrogen-bond acceptors (Lipinski definition) is 3. The molecule has 1 aromatic carbocycles. The maximum Gasteiger partial charge on any atom is 0.387 e. The van der Waals surface area contributed by atoms with Crippen LogP contribution in [-0.2, 0) is 6.54 Å². The molecule has 0 N–H and O–H groups in total. The molecular weight excluding hydrogens is 252 g/mol. The number of carbonyl (C=O) groups excluding carboxylic acids is 1. The molecule has 20 heavy (non-hydrogen) atoms. The summed E-state index contributed by atoms with van der Waals surface area (Å²) in [6.45, 7) is 3.01. The second-order valence-electron chi connectivity index (χ2n) is 4.53. The summed E-state index contributed by atoms with van der Waals surface area (Å²) in [4.78, 5) is 16.2. The number of hydrogen-bond donors (Lipinski definition) is 0. The molecule has 4 nitrogen and oxygen atoms in total. The Morgan fingerprint density at radius 2 is 2.10 bits per heavy atom. The number of carbonyl (C=O) groups is 1. The van der Waals surface area contributed by atoms with E-state index in [2.05, 4.69) is 11.9 Å². The Hall–Kier alpha value is -2.23. The summed E-state index contributed by atoms with van der Waals surface area (Å²) in [6, 6.07) is 9.27. The fourth-order valence-corrected chi connectivity index (χ4v) is 1.82. The molecule has 0 atom stereocenters. The van der Waals surface area contributed by atoms with Gasteiger partial charge in [-0.15, -0.1) is 0 Å². The maximum atomic E-state index is 12.2. The minimum Gasteiger partial charge on any atom is -0.443 e. The second kappa shape index (κ2) is 7.38. The van der Waals surface area contributed by atoms with E-state index in [1.54, 1.807) is 23.2 Å². The highest BCUT2D eigenvalue weighted by molar-refractivity contribution is 5.94. The lowest BCUT2D eigenvalue weighted by Gasteiger charge is -2.04. The zero-order valence-electron chi connectivity index (χ0n) is 11.7. The topological polar surface area (TPSA) is 43.1 Å². The third-order valence-electron chi connectivity index (χ3n) is 2.96. The van der Waals surface area contributed by atoms with E-state index >= 15 is 0 Å². The maximum absolute atomic E-state index is 12.2. The van der Waals surface area contributed by atoms with Crippen molar-refractivity contribution in [3.05, 3.63) is 54.5 Å². The van der Waals surface area contributed by atoms with Crippen molar-refractivity contribution >= 4 is 5.78 Å². The van der Waals surface area contributed by atoms with Gasteiger partial charge in [-0.05, 0) is 6.42 Å². The van der Waals surface area contributed by atoms with Gasteiger partial charge in [-0.3, -0.25) is 4.79 Å². The SMILES string of the molecule is CCCCOc1cncc[n+]1CC(=O)c1ccccc1. The van der Waals surface area contributed by atoms with Gasteiger partial charge in [-0.25, -0.2) is 4.98 Å². The number of ether oxygens (including phenoxy) is 1. The quantitative estimate of drug-likeness (QED) is 0.441. The van der Waals surface area contributed by atoms with Gasteiger partial charge in [-0.2, -0.15) is 4.57 Å². The number of nitrogens with zero attached hydrogens (tertiary/aromatic N) is 2. The zero-order chi connectivity index (χ0) is 14.2. The lowest BCUT2D eigenvalue weighted by molar-refractivity contribution is -0.689. The number of Topliss-reactive ketones (excluding diaryl/α,β-unsaturated/α-hetero) is 1. The number of unbranched alkanes of at least 4 members (excludes halogenated alkanes) is 1. The van der Waals surface area contributed by atoms with E-state index in [1.165, 1.54) is 0 Å². The van der Waals surface area contributed by atoms with Crippen molar-refractivity contribution in [2.24, 2.45) is 0 Å². The van der Waals surface area contributed by atoms with Gasteiger partial charge >= 0.3 is 5.88 Å². The summed E-state index contributed by atoms with van der Waals surface area (Å²) in [7, 11) is 0. The van der Waals surface area contributed by atoms with E-state index in [0.717, 1.165) is 12.8 Å². The zero-order valence-corrected chi connectivity index (χ0v) is 11.7. The molecule has 0 unspecified atom stereocenters. The molecule has 0 fully saturated rings. The van der Waals surface area contributed by atoms with Crippen LogP contribution < -0.4 is 9.30 Å². The Kier molecular flexibility index (Phi) is 5.24. The van der Waals surface area contributed by atoms with Gasteiger partial charge in [0.05, 0.1) is 12.8 Å². The van der Waals surface area contributed by atoms with Gasteiger partial charge in [0.1, 0.15) is 6.20 Å². The Morgan fingerprint density at radius 3 is 2.85 bits per heavy atom. The molecule has 1 aromatic heterocycles. The number of rotatable bonds is 7. The number of ketones is 1. The minimum atomic E-state index is 0.0575. The van der Waals surface area contributed by atoms with Crippen molar-refractivity contribution in [2.75, 3.05) is 6.61 Å². The van der Waals surface area contributed by atoms with Crippen molar-refractivity contribution < 1.29 is 14.1 Å². The molecule has 0 bridgehead atoms. The predicted molar refractivity (Wildman–Crippen MR) is 75.6 cm³/mol. The van der Waals surface area contributed by atoms with Crippen molar-refractivity contribution in [1.82, 2.24) is 4.98 Å². The van der Waals surface area contributed by atoms with Crippen LogP contribution >= 0.6 is 0 Å². The van der Waals surface area contributed by atoms with E-state index in [4.69, 9.17) is 4.74 Å². The number of aromatic nitrogens is 2. The van der Waals surface area contributed by atoms with E-state index in [0.29, 0.717) is 18.1 Å². The van der Waals surface area contributed by atoms with Crippen LogP contribution in [0.3, 0.4) is 0 Å². The third kappa shape index (κ3) is 3.88. The lowest BCUT2D eigenvalue weighted by atomic mass is 10.1. The molecule has 2 rings (SSSR count). The fraction of sp³-hybridized carbons (Fsp3) is 0.312. The van der Waals surface area contributed by atoms with Crippen LogP contribution in [0.5, 0.6) is 5.88 Å².